The van der Waals surface area contributed by atoms with Crippen LogP contribution in [0.25, 0.3) is 11.0 Å². The number of aryl methyl sites for hydroxylation is 1. The highest BCUT2D eigenvalue weighted by Gasteiger charge is 2.25. The average Bonchev–Trinajstić information content (AvgIpc) is 3.63. The number of nitrogens with one attached hydrogen (secondary N) is 1. The first-order valence-corrected chi connectivity index (χ1v) is 15.6. The minimum absolute atomic E-state index is 0.0942. The van der Waals surface area contributed by atoms with Crippen molar-refractivity contribution in [2.45, 2.75) is 44.7 Å². The molecule has 0 radical (unpaired) electrons. The molecular formula is C36H39F2N5O2. The number of furan rings is 1. The lowest BCUT2D eigenvalue weighted by Crippen LogP contribution is -2.40. The number of amides is 1. The van der Waals surface area contributed by atoms with Gasteiger partial charge in [-0.1, -0.05) is 36.4 Å². The van der Waals surface area contributed by atoms with Crippen LogP contribution in [-0.2, 0) is 6.54 Å². The zero-order valence-corrected chi connectivity index (χ0v) is 25.8. The van der Waals surface area contributed by atoms with Gasteiger partial charge in [0.2, 0.25) is 5.95 Å². The summed E-state index contributed by atoms with van der Waals surface area (Å²) in [6, 6.07) is 25.6. The summed E-state index contributed by atoms with van der Waals surface area (Å²) in [6.07, 6.45) is 2.62. The molecule has 6 rings (SSSR count). The van der Waals surface area contributed by atoms with Crippen LogP contribution in [0.3, 0.4) is 0 Å². The van der Waals surface area contributed by atoms with E-state index >= 15 is 0 Å². The van der Waals surface area contributed by atoms with Crippen LogP contribution in [0.2, 0.25) is 0 Å². The number of para-hydroxylation sites is 2. The molecule has 1 N–H and O–H groups in total. The molecule has 0 spiro atoms. The van der Waals surface area contributed by atoms with Gasteiger partial charge in [0.1, 0.15) is 11.5 Å². The molecule has 7 nitrogen and oxygen atoms in total. The lowest BCUT2D eigenvalue weighted by atomic mass is 9.93. The molecule has 3 aromatic carbocycles. The summed E-state index contributed by atoms with van der Waals surface area (Å²) in [6.45, 7) is 5.55. The Morgan fingerprint density at radius 2 is 1.76 bits per heavy atom. The Morgan fingerprint density at radius 1 is 1.00 bits per heavy atom. The second kappa shape index (κ2) is 13.6. The number of carbonyl (C=O) groups is 1. The summed E-state index contributed by atoms with van der Waals surface area (Å²) in [7, 11) is 1.76. The molecule has 5 aromatic rings. The van der Waals surface area contributed by atoms with Crippen LogP contribution in [0.5, 0.6) is 0 Å². The summed E-state index contributed by atoms with van der Waals surface area (Å²) < 4.78 is 36.1. The normalized spacial score (nSPS) is 14.9. The van der Waals surface area contributed by atoms with Gasteiger partial charge in [-0.25, -0.2) is 13.8 Å². The van der Waals surface area contributed by atoms with E-state index in [0.29, 0.717) is 30.6 Å². The number of rotatable bonds is 11. The predicted molar refractivity (Wildman–Crippen MR) is 172 cm³/mol. The maximum atomic E-state index is 14.3. The van der Waals surface area contributed by atoms with Crippen molar-refractivity contribution in [1.82, 2.24) is 19.4 Å². The molecule has 2 aromatic heterocycles. The van der Waals surface area contributed by atoms with Crippen molar-refractivity contribution >= 4 is 22.9 Å². The zero-order valence-electron chi connectivity index (χ0n) is 25.8. The van der Waals surface area contributed by atoms with E-state index in [1.54, 1.807) is 30.1 Å². The second-order valence-corrected chi connectivity index (χ2v) is 12.0. The van der Waals surface area contributed by atoms with Crippen LogP contribution in [0.15, 0.2) is 89.3 Å². The van der Waals surface area contributed by atoms with E-state index in [0.717, 1.165) is 61.0 Å². The van der Waals surface area contributed by atoms with Crippen molar-refractivity contribution in [3.05, 3.63) is 119 Å². The molecule has 0 saturated carbocycles. The van der Waals surface area contributed by atoms with E-state index in [9.17, 15) is 13.6 Å². The maximum Gasteiger partial charge on any atom is 0.253 e. The SMILES string of the molecule is Cc1ccc(Cn2c(NC3CCN(CCC(CN(C)C(=O)c4ccccc4)c4ccc(F)c(F)c4)CC3)nc3ccccc32)o1. The van der Waals surface area contributed by atoms with Gasteiger partial charge in [0.15, 0.2) is 11.6 Å². The average molecular weight is 612 g/mol. The fourth-order valence-corrected chi connectivity index (χ4v) is 6.24. The van der Waals surface area contributed by atoms with Crippen LogP contribution in [0, 0.1) is 18.6 Å². The molecule has 3 heterocycles. The Hall–Kier alpha value is -4.50. The second-order valence-electron chi connectivity index (χ2n) is 12.0. The van der Waals surface area contributed by atoms with Crippen LogP contribution in [-0.4, -0.2) is 64.5 Å². The molecule has 0 bridgehead atoms. The number of fused-ring (bicyclic) bond motifs is 1. The van der Waals surface area contributed by atoms with Crippen molar-refractivity contribution in [1.29, 1.82) is 0 Å². The van der Waals surface area contributed by atoms with Crippen molar-refractivity contribution in [2.75, 3.05) is 38.5 Å². The van der Waals surface area contributed by atoms with Gasteiger partial charge >= 0.3 is 0 Å². The third-order valence-corrected chi connectivity index (χ3v) is 8.76. The van der Waals surface area contributed by atoms with Crippen LogP contribution >= 0.6 is 0 Å². The van der Waals surface area contributed by atoms with Gasteiger partial charge in [-0.15, -0.1) is 0 Å². The number of benzene rings is 3. The van der Waals surface area contributed by atoms with Gasteiger partial charge in [0.05, 0.1) is 17.6 Å². The summed E-state index contributed by atoms with van der Waals surface area (Å²) >= 11 is 0. The van der Waals surface area contributed by atoms with Crippen molar-refractivity contribution < 1.29 is 18.0 Å². The highest BCUT2D eigenvalue weighted by Crippen LogP contribution is 2.27. The van der Waals surface area contributed by atoms with Crippen molar-refractivity contribution in [3.8, 4) is 0 Å². The van der Waals surface area contributed by atoms with Gasteiger partial charge in [0.25, 0.3) is 5.91 Å². The maximum absolute atomic E-state index is 14.3. The number of halogens is 2. The van der Waals surface area contributed by atoms with Crippen molar-refractivity contribution in [3.63, 3.8) is 0 Å². The third-order valence-electron chi connectivity index (χ3n) is 8.76. The topological polar surface area (TPSA) is 66.5 Å². The Bertz CT molecular complexity index is 1740. The summed E-state index contributed by atoms with van der Waals surface area (Å²) in [4.78, 5) is 22.1. The first-order chi connectivity index (χ1) is 21.8. The van der Waals surface area contributed by atoms with Crippen LogP contribution in [0.1, 0.15) is 52.6 Å². The van der Waals surface area contributed by atoms with Gasteiger partial charge in [-0.05, 0) is 86.8 Å². The van der Waals surface area contributed by atoms with Gasteiger partial charge in [-0.3, -0.25) is 4.79 Å². The van der Waals surface area contributed by atoms with E-state index in [4.69, 9.17) is 9.40 Å². The van der Waals surface area contributed by atoms with Crippen molar-refractivity contribution in [2.24, 2.45) is 0 Å². The number of aromatic nitrogens is 2. The first-order valence-electron chi connectivity index (χ1n) is 15.6. The van der Waals surface area contributed by atoms with E-state index in [-0.39, 0.29) is 17.9 Å². The first kappa shape index (κ1) is 30.5. The highest BCUT2D eigenvalue weighted by atomic mass is 19.2. The van der Waals surface area contributed by atoms with E-state index < -0.39 is 11.6 Å². The number of likely N-dealkylation sites (N-methyl/N-ethyl adjacent to an activating group) is 1. The number of piperidine rings is 1. The summed E-state index contributed by atoms with van der Waals surface area (Å²) in [5.74, 6) is 0.649. The minimum Gasteiger partial charge on any atom is -0.464 e. The van der Waals surface area contributed by atoms with Gasteiger partial charge in [0, 0.05) is 44.2 Å². The fraction of sp³-hybridized carbons (Fsp3) is 0.333. The largest absolute Gasteiger partial charge is 0.464 e. The molecule has 1 unspecified atom stereocenters. The Balaban J connectivity index is 1.09. The molecule has 1 saturated heterocycles. The monoisotopic (exact) mass is 611 g/mol. The minimum atomic E-state index is -0.867. The molecule has 0 aliphatic carbocycles. The van der Waals surface area contributed by atoms with Gasteiger partial charge < -0.3 is 24.1 Å². The molecule has 9 heteroatoms. The van der Waals surface area contributed by atoms with Gasteiger partial charge in [-0.2, -0.15) is 0 Å². The molecule has 1 aliphatic heterocycles. The lowest BCUT2D eigenvalue weighted by Gasteiger charge is -2.34. The van der Waals surface area contributed by atoms with Crippen LogP contribution < -0.4 is 5.32 Å². The standard InChI is InChI=1S/C36H39F2N5O2/c1-25-12-14-30(45-25)24-43-34-11-7-6-10-33(34)40-36(43)39-29-17-20-42(21-18-29)19-16-28(27-13-15-31(37)32(38)22-27)23-41(2)35(44)26-8-4-3-5-9-26/h3-15,22,28-29H,16-21,23-24H2,1-2H3,(H,39,40). The Kier molecular flexibility index (Phi) is 9.26. The van der Waals surface area contributed by atoms with Crippen LogP contribution in [0.4, 0.5) is 14.7 Å². The third kappa shape index (κ3) is 7.26. The van der Waals surface area contributed by atoms with E-state index in [2.05, 4.69) is 20.9 Å². The number of hydrogen-bond acceptors (Lipinski definition) is 5. The smallest absolute Gasteiger partial charge is 0.253 e. The molecule has 1 amide bonds. The highest BCUT2D eigenvalue weighted by molar-refractivity contribution is 5.94. The fourth-order valence-electron chi connectivity index (χ4n) is 6.24. The number of anilines is 1. The zero-order chi connectivity index (χ0) is 31.3. The van der Waals surface area contributed by atoms with E-state index in [1.165, 1.54) is 12.1 Å². The predicted octanol–water partition coefficient (Wildman–Crippen LogP) is 7.09. The molecule has 1 fully saturated rings. The number of imidazole rings is 1. The summed E-state index contributed by atoms with van der Waals surface area (Å²) in [5, 5.41) is 3.71. The molecule has 1 atom stereocenters. The number of likely N-dealkylation sites (tertiary alicyclic amines) is 1. The van der Waals surface area contributed by atoms with E-state index in [1.807, 2.05) is 55.5 Å². The number of hydrogen-bond donors (Lipinski definition) is 1. The molecule has 1 aliphatic rings. The number of carbonyl (C=O) groups excluding carboxylic acids is 1. The number of nitrogens with zero attached hydrogens (tertiary/aromatic N) is 4. The quantitative estimate of drug-likeness (QED) is 0.173. The Morgan fingerprint density at radius 3 is 2.49 bits per heavy atom. The molecular weight excluding hydrogens is 572 g/mol. The Labute approximate surface area is 262 Å². The lowest BCUT2D eigenvalue weighted by molar-refractivity contribution is 0.0781. The molecule has 234 valence electrons. The molecule has 45 heavy (non-hydrogen) atoms. The summed E-state index contributed by atoms with van der Waals surface area (Å²) in [5.41, 5.74) is 3.31.